The molecule has 0 bridgehead atoms. The summed E-state index contributed by atoms with van der Waals surface area (Å²) in [4.78, 5) is 12.6. The van der Waals surface area contributed by atoms with Crippen LogP contribution < -0.4 is 0 Å². The van der Waals surface area contributed by atoms with Crippen molar-refractivity contribution in [3.63, 3.8) is 0 Å². The van der Waals surface area contributed by atoms with Gasteiger partial charge in [0.1, 0.15) is 5.52 Å². The van der Waals surface area contributed by atoms with E-state index < -0.39 is 0 Å². The number of nitrogens with zero attached hydrogens (tertiary/aromatic N) is 2. The topological polar surface area (TPSA) is 41.6 Å². The van der Waals surface area contributed by atoms with Crippen molar-refractivity contribution in [2.75, 3.05) is 0 Å². The highest BCUT2D eigenvalue weighted by Crippen LogP contribution is 2.23. The second kappa shape index (κ2) is 3.92. The molecule has 4 aromatic rings. The van der Waals surface area contributed by atoms with Crippen LogP contribution >= 0.6 is 0 Å². The number of rotatable bonds is 1. The fourth-order valence-electron chi connectivity index (χ4n) is 2.28. The van der Waals surface area contributed by atoms with Crippen molar-refractivity contribution in [1.82, 2.24) is 15.0 Å². The third-order valence-corrected chi connectivity index (χ3v) is 3.22. The fourth-order valence-corrected chi connectivity index (χ4v) is 2.28. The maximum absolute atomic E-state index is 4.63. The Morgan fingerprint density at radius 1 is 0.684 bits per heavy atom. The summed E-state index contributed by atoms with van der Waals surface area (Å²) >= 11 is 0. The normalized spacial score (nSPS) is 11.2. The molecular weight excluding hydrogens is 234 g/mol. The lowest BCUT2D eigenvalue weighted by atomic mass is 10.2. The Hall–Kier alpha value is -2.68. The minimum absolute atomic E-state index is 0.831. The molecule has 0 atom stereocenters. The Morgan fingerprint density at radius 3 is 2.16 bits per heavy atom. The molecule has 0 aliphatic carbocycles. The molecule has 2 aromatic heterocycles. The zero-order chi connectivity index (χ0) is 12.7. The Bertz CT molecular complexity index is 810. The molecule has 1 N–H and O–H groups in total. The molecule has 0 unspecified atom stereocenters. The predicted molar refractivity (Wildman–Crippen MR) is 76.8 cm³/mol. The quantitative estimate of drug-likeness (QED) is 0.554. The Balaban J connectivity index is 1.98. The van der Waals surface area contributed by atoms with Crippen molar-refractivity contribution in [3.05, 3.63) is 60.7 Å². The third-order valence-electron chi connectivity index (χ3n) is 3.22. The molecule has 90 valence electrons. The molecular formula is C16H11N3. The van der Waals surface area contributed by atoms with E-state index >= 15 is 0 Å². The van der Waals surface area contributed by atoms with Gasteiger partial charge in [0.25, 0.3) is 0 Å². The van der Waals surface area contributed by atoms with E-state index in [0.717, 1.165) is 33.5 Å². The highest BCUT2D eigenvalue weighted by atomic mass is 14.9. The first-order chi connectivity index (χ1) is 9.40. The summed E-state index contributed by atoms with van der Waals surface area (Å²) in [6.07, 6.45) is 0. The van der Waals surface area contributed by atoms with Crippen LogP contribution in [-0.4, -0.2) is 15.0 Å². The molecule has 0 saturated carbocycles. The minimum atomic E-state index is 0.831. The summed E-state index contributed by atoms with van der Waals surface area (Å²) in [6.45, 7) is 0. The van der Waals surface area contributed by atoms with Crippen LogP contribution in [0.4, 0.5) is 0 Å². The number of aromatic nitrogens is 3. The molecule has 0 aliphatic heterocycles. The number of para-hydroxylation sites is 2. The molecule has 0 fully saturated rings. The number of H-pyrrole nitrogens is 1. The highest BCUT2D eigenvalue weighted by molar-refractivity contribution is 5.87. The van der Waals surface area contributed by atoms with Crippen molar-refractivity contribution in [2.45, 2.75) is 0 Å². The van der Waals surface area contributed by atoms with Gasteiger partial charge < -0.3 is 4.98 Å². The highest BCUT2D eigenvalue weighted by Gasteiger charge is 2.06. The summed E-state index contributed by atoms with van der Waals surface area (Å²) in [5.41, 5.74) is 5.76. The Kier molecular flexibility index (Phi) is 2.12. The third kappa shape index (κ3) is 1.67. The Morgan fingerprint density at radius 2 is 1.37 bits per heavy atom. The first-order valence-electron chi connectivity index (χ1n) is 6.21. The first kappa shape index (κ1) is 10.3. The van der Waals surface area contributed by atoms with Gasteiger partial charge in [-0.25, -0.2) is 9.97 Å². The molecule has 3 nitrogen and oxygen atoms in total. The largest absolute Gasteiger partial charge is 0.338 e. The van der Waals surface area contributed by atoms with Gasteiger partial charge in [-0.05, 0) is 23.8 Å². The van der Waals surface area contributed by atoms with Crippen molar-refractivity contribution < 1.29 is 0 Å². The number of hydrogen-bond acceptors (Lipinski definition) is 2. The van der Waals surface area contributed by atoms with Crippen LogP contribution in [0.2, 0.25) is 0 Å². The molecule has 0 spiro atoms. The molecule has 0 radical (unpaired) electrons. The minimum Gasteiger partial charge on any atom is -0.338 e. The molecule has 4 rings (SSSR count). The maximum atomic E-state index is 4.63. The smallest absolute Gasteiger partial charge is 0.157 e. The second-order valence-corrected chi connectivity index (χ2v) is 4.50. The van der Waals surface area contributed by atoms with Gasteiger partial charge in [0, 0.05) is 5.69 Å². The van der Waals surface area contributed by atoms with Gasteiger partial charge in [0.2, 0.25) is 0 Å². The molecule has 19 heavy (non-hydrogen) atoms. The van der Waals surface area contributed by atoms with Crippen molar-refractivity contribution in [3.8, 4) is 11.3 Å². The van der Waals surface area contributed by atoms with E-state index in [-0.39, 0.29) is 0 Å². The van der Waals surface area contributed by atoms with E-state index in [0.29, 0.717) is 0 Å². The Labute approximate surface area is 110 Å². The second-order valence-electron chi connectivity index (χ2n) is 4.50. The fraction of sp³-hybridized carbons (Fsp3) is 0. The van der Waals surface area contributed by atoms with Gasteiger partial charge in [-0.2, -0.15) is 0 Å². The van der Waals surface area contributed by atoms with Gasteiger partial charge in [-0.15, -0.1) is 0 Å². The molecule has 0 saturated heterocycles. The maximum Gasteiger partial charge on any atom is 0.157 e. The molecule has 0 aliphatic rings. The standard InChI is InChI=1S/C16H11N3/c1-2-6-11(7-3-1)14-10-15-16(19-14)18-13-9-5-4-8-12(13)17-15/h1-10H,(H,18,19). The van der Waals surface area contributed by atoms with Crippen LogP contribution in [0.1, 0.15) is 0 Å². The van der Waals surface area contributed by atoms with E-state index in [2.05, 4.69) is 27.1 Å². The summed E-state index contributed by atoms with van der Waals surface area (Å²) < 4.78 is 0. The predicted octanol–water partition coefficient (Wildman–Crippen LogP) is 3.78. The van der Waals surface area contributed by atoms with Gasteiger partial charge in [0.05, 0.1) is 11.0 Å². The SMILES string of the molecule is c1ccc(-c2cc3nc4ccccc4nc3[nH]2)cc1. The lowest BCUT2D eigenvalue weighted by molar-refractivity contribution is 1.34. The molecule has 0 amide bonds. The monoisotopic (exact) mass is 245 g/mol. The van der Waals surface area contributed by atoms with Gasteiger partial charge in [0.15, 0.2) is 5.65 Å². The van der Waals surface area contributed by atoms with E-state index in [1.54, 1.807) is 0 Å². The number of nitrogens with one attached hydrogen (secondary N) is 1. The van der Waals surface area contributed by atoms with Crippen molar-refractivity contribution in [2.24, 2.45) is 0 Å². The average molecular weight is 245 g/mol. The summed E-state index contributed by atoms with van der Waals surface area (Å²) in [6, 6.07) is 20.2. The van der Waals surface area contributed by atoms with E-state index in [1.165, 1.54) is 0 Å². The zero-order valence-electron chi connectivity index (χ0n) is 10.2. The summed E-state index contributed by atoms with van der Waals surface area (Å²) in [5, 5.41) is 0. The summed E-state index contributed by atoms with van der Waals surface area (Å²) in [5.74, 6) is 0. The van der Waals surface area contributed by atoms with E-state index in [4.69, 9.17) is 0 Å². The van der Waals surface area contributed by atoms with Gasteiger partial charge in [-0.1, -0.05) is 42.5 Å². The van der Waals surface area contributed by atoms with Crippen molar-refractivity contribution >= 4 is 22.2 Å². The zero-order valence-corrected chi connectivity index (χ0v) is 10.2. The van der Waals surface area contributed by atoms with E-state index in [1.807, 2.05) is 48.5 Å². The lowest BCUT2D eigenvalue weighted by Gasteiger charge is -1.95. The van der Waals surface area contributed by atoms with E-state index in [9.17, 15) is 0 Å². The van der Waals surface area contributed by atoms with Gasteiger partial charge >= 0.3 is 0 Å². The number of fused-ring (bicyclic) bond motifs is 2. The number of aromatic amines is 1. The van der Waals surface area contributed by atoms with Crippen LogP contribution in [0.25, 0.3) is 33.5 Å². The van der Waals surface area contributed by atoms with Crippen LogP contribution in [0.15, 0.2) is 60.7 Å². The van der Waals surface area contributed by atoms with Crippen LogP contribution in [-0.2, 0) is 0 Å². The van der Waals surface area contributed by atoms with Crippen LogP contribution in [0.3, 0.4) is 0 Å². The molecule has 2 aromatic carbocycles. The first-order valence-corrected chi connectivity index (χ1v) is 6.21. The average Bonchev–Trinajstić information content (AvgIpc) is 2.88. The van der Waals surface area contributed by atoms with Crippen LogP contribution in [0, 0.1) is 0 Å². The number of hydrogen-bond donors (Lipinski definition) is 1. The van der Waals surface area contributed by atoms with Crippen LogP contribution in [0.5, 0.6) is 0 Å². The number of benzene rings is 2. The summed E-state index contributed by atoms with van der Waals surface area (Å²) in [7, 11) is 0. The molecule has 2 heterocycles. The van der Waals surface area contributed by atoms with Gasteiger partial charge in [-0.3, -0.25) is 0 Å². The molecule has 3 heteroatoms. The lowest BCUT2D eigenvalue weighted by Crippen LogP contribution is -1.84. The van der Waals surface area contributed by atoms with Crippen molar-refractivity contribution in [1.29, 1.82) is 0 Å².